The molecule has 0 saturated carbocycles. The zero-order valence-electron chi connectivity index (χ0n) is 12.4. The zero-order valence-corrected chi connectivity index (χ0v) is 12.4. The number of nitrogens with two attached hydrogens (primary N) is 1. The lowest BCUT2D eigenvalue weighted by molar-refractivity contribution is 0.125. The van der Waals surface area contributed by atoms with Crippen LogP contribution in [0.4, 0.5) is 0 Å². The maximum atomic E-state index is 6.45. The second-order valence-electron chi connectivity index (χ2n) is 5.56. The predicted octanol–water partition coefficient (Wildman–Crippen LogP) is 3.44. The van der Waals surface area contributed by atoms with Crippen molar-refractivity contribution in [3.05, 3.63) is 35.9 Å². The van der Waals surface area contributed by atoms with Crippen LogP contribution in [-0.4, -0.2) is 24.0 Å². The smallest absolute Gasteiger partial charge is 0.0452 e. The lowest BCUT2D eigenvalue weighted by atomic mass is 9.94. The van der Waals surface area contributed by atoms with E-state index in [4.69, 9.17) is 5.73 Å². The number of hydrogen-bond donors (Lipinski definition) is 1. The van der Waals surface area contributed by atoms with Gasteiger partial charge >= 0.3 is 0 Å². The molecular weight excluding hydrogens is 220 g/mol. The van der Waals surface area contributed by atoms with Crippen LogP contribution in [0.5, 0.6) is 0 Å². The molecule has 0 amide bonds. The molecule has 0 aromatic heterocycles. The summed E-state index contributed by atoms with van der Waals surface area (Å²) >= 11 is 0. The average molecular weight is 248 g/mol. The monoisotopic (exact) mass is 248 g/mol. The van der Waals surface area contributed by atoms with E-state index in [2.05, 4.69) is 63.9 Å². The lowest BCUT2D eigenvalue weighted by Crippen LogP contribution is -2.46. The van der Waals surface area contributed by atoms with Crippen molar-refractivity contribution in [3.8, 4) is 0 Å². The molecule has 0 saturated heterocycles. The summed E-state index contributed by atoms with van der Waals surface area (Å²) in [5.74, 6) is 0.645. The van der Waals surface area contributed by atoms with Gasteiger partial charge in [-0.25, -0.2) is 0 Å². The highest BCUT2D eigenvalue weighted by Gasteiger charge is 2.26. The van der Waals surface area contributed by atoms with E-state index >= 15 is 0 Å². The normalized spacial score (nSPS) is 16.9. The molecule has 18 heavy (non-hydrogen) atoms. The molecule has 2 nitrogen and oxygen atoms in total. The average Bonchev–Trinajstić information content (AvgIpc) is 2.39. The molecule has 2 heteroatoms. The van der Waals surface area contributed by atoms with Gasteiger partial charge < -0.3 is 5.73 Å². The van der Waals surface area contributed by atoms with Gasteiger partial charge in [0.2, 0.25) is 0 Å². The molecule has 0 aliphatic heterocycles. The lowest BCUT2D eigenvalue weighted by Gasteiger charge is -2.38. The van der Waals surface area contributed by atoms with Crippen LogP contribution in [-0.2, 0) is 0 Å². The van der Waals surface area contributed by atoms with Crippen molar-refractivity contribution in [1.82, 2.24) is 4.90 Å². The van der Waals surface area contributed by atoms with Crippen LogP contribution in [0.2, 0.25) is 0 Å². The fraction of sp³-hybridized carbons (Fsp3) is 0.625. The van der Waals surface area contributed by atoms with E-state index < -0.39 is 0 Å². The Morgan fingerprint density at radius 2 is 1.67 bits per heavy atom. The molecule has 0 radical (unpaired) electrons. The number of nitrogens with zero attached hydrogens (tertiary/aromatic N) is 1. The van der Waals surface area contributed by atoms with Gasteiger partial charge in [-0.05, 0) is 31.9 Å². The maximum Gasteiger partial charge on any atom is 0.0452 e. The molecule has 0 bridgehead atoms. The van der Waals surface area contributed by atoms with Gasteiger partial charge in [0.1, 0.15) is 0 Å². The summed E-state index contributed by atoms with van der Waals surface area (Å²) in [7, 11) is 2.20. The maximum absolute atomic E-state index is 6.45. The molecular formula is C16H28N2. The molecule has 0 spiro atoms. The van der Waals surface area contributed by atoms with Crippen molar-refractivity contribution in [3.63, 3.8) is 0 Å². The summed E-state index contributed by atoms with van der Waals surface area (Å²) in [4.78, 5) is 2.43. The van der Waals surface area contributed by atoms with E-state index in [0.717, 1.165) is 6.42 Å². The van der Waals surface area contributed by atoms with Crippen LogP contribution in [0.1, 0.15) is 45.7 Å². The van der Waals surface area contributed by atoms with Gasteiger partial charge in [-0.3, -0.25) is 4.90 Å². The Kier molecular flexibility index (Phi) is 5.83. The molecule has 3 atom stereocenters. The summed E-state index contributed by atoms with van der Waals surface area (Å²) < 4.78 is 0. The van der Waals surface area contributed by atoms with E-state index in [-0.39, 0.29) is 6.04 Å². The van der Waals surface area contributed by atoms with Gasteiger partial charge in [0, 0.05) is 18.1 Å². The van der Waals surface area contributed by atoms with Gasteiger partial charge in [0.05, 0.1) is 0 Å². The van der Waals surface area contributed by atoms with Crippen molar-refractivity contribution in [2.24, 2.45) is 11.7 Å². The van der Waals surface area contributed by atoms with E-state index in [1.165, 1.54) is 5.56 Å². The van der Waals surface area contributed by atoms with Gasteiger partial charge in [0.15, 0.2) is 0 Å². The summed E-state index contributed by atoms with van der Waals surface area (Å²) in [6.07, 6.45) is 1.07. The third-order valence-electron chi connectivity index (χ3n) is 4.15. The quantitative estimate of drug-likeness (QED) is 0.835. The van der Waals surface area contributed by atoms with Crippen LogP contribution < -0.4 is 5.73 Å². The van der Waals surface area contributed by atoms with E-state index in [0.29, 0.717) is 18.0 Å². The topological polar surface area (TPSA) is 29.3 Å². The largest absolute Gasteiger partial charge is 0.323 e. The van der Waals surface area contributed by atoms with Crippen LogP contribution >= 0.6 is 0 Å². The molecule has 0 aliphatic rings. The standard InChI is InChI=1S/C16H28N2/c1-6-15(18(5)13(4)12(2)3)16(17)14-10-8-7-9-11-14/h7-13,15-16H,6,17H2,1-5H3. The fourth-order valence-electron chi connectivity index (χ4n) is 2.46. The predicted molar refractivity (Wildman–Crippen MR) is 79.5 cm³/mol. The number of rotatable bonds is 6. The Morgan fingerprint density at radius 3 is 2.11 bits per heavy atom. The first-order valence-corrected chi connectivity index (χ1v) is 7.01. The molecule has 102 valence electrons. The second-order valence-corrected chi connectivity index (χ2v) is 5.56. The van der Waals surface area contributed by atoms with Gasteiger partial charge in [-0.2, -0.15) is 0 Å². The van der Waals surface area contributed by atoms with Crippen molar-refractivity contribution in [1.29, 1.82) is 0 Å². The van der Waals surface area contributed by atoms with Crippen LogP contribution in [0.15, 0.2) is 30.3 Å². The minimum Gasteiger partial charge on any atom is -0.323 e. The number of likely N-dealkylation sites (N-methyl/N-ethyl adjacent to an activating group) is 1. The van der Waals surface area contributed by atoms with E-state index in [1.54, 1.807) is 0 Å². The summed E-state index contributed by atoms with van der Waals surface area (Å²) in [6.45, 7) is 9.03. The third-order valence-corrected chi connectivity index (χ3v) is 4.15. The van der Waals surface area contributed by atoms with Crippen molar-refractivity contribution >= 4 is 0 Å². The van der Waals surface area contributed by atoms with E-state index in [1.807, 2.05) is 6.07 Å². The molecule has 0 aliphatic carbocycles. The zero-order chi connectivity index (χ0) is 13.7. The molecule has 1 rings (SSSR count). The first-order chi connectivity index (χ1) is 8.49. The first-order valence-electron chi connectivity index (χ1n) is 7.01. The highest BCUT2D eigenvalue weighted by atomic mass is 15.2. The number of benzene rings is 1. The number of hydrogen-bond acceptors (Lipinski definition) is 2. The highest BCUT2D eigenvalue weighted by molar-refractivity contribution is 5.20. The molecule has 0 heterocycles. The van der Waals surface area contributed by atoms with E-state index in [9.17, 15) is 0 Å². The minimum absolute atomic E-state index is 0.0856. The van der Waals surface area contributed by atoms with Gasteiger partial charge in [-0.1, -0.05) is 51.1 Å². The van der Waals surface area contributed by atoms with Crippen molar-refractivity contribution in [2.45, 2.75) is 52.2 Å². The fourth-order valence-corrected chi connectivity index (χ4v) is 2.46. The SMILES string of the molecule is CCC(C(N)c1ccccc1)N(C)C(C)C(C)C. The third kappa shape index (κ3) is 3.56. The minimum atomic E-state index is 0.0856. The van der Waals surface area contributed by atoms with Crippen molar-refractivity contribution < 1.29 is 0 Å². The summed E-state index contributed by atoms with van der Waals surface area (Å²) in [5, 5.41) is 0. The molecule has 1 aromatic carbocycles. The summed E-state index contributed by atoms with van der Waals surface area (Å²) in [6, 6.07) is 11.4. The Hall–Kier alpha value is -0.860. The molecule has 1 aromatic rings. The van der Waals surface area contributed by atoms with Crippen molar-refractivity contribution in [2.75, 3.05) is 7.05 Å². The van der Waals surface area contributed by atoms with Gasteiger partial charge in [0.25, 0.3) is 0 Å². The highest BCUT2D eigenvalue weighted by Crippen LogP contribution is 2.23. The van der Waals surface area contributed by atoms with Crippen LogP contribution in [0.3, 0.4) is 0 Å². The Bertz CT molecular complexity index is 334. The second kappa shape index (κ2) is 6.91. The summed E-state index contributed by atoms with van der Waals surface area (Å²) in [5.41, 5.74) is 7.68. The van der Waals surface area contributed by atoms with Gasteiger partial charge in [-0.15, -0.1) is 0 Å². The molecule has 0 fully saturated rings. The van der Waals surface area contributed by atoms with Crippen LogP contribution in [0, 0.1) is 5.92 Å². The van der Waals surface area contributed by atoms with Crippen LogP contribution in [0.25, 0.3) is 0 Å². The Labute approximate surface area is 112 Å². The first kappa shape index (κ1) is 15.2. The Balaban J connectivity index is 2.83. The Morgan fingerprint density at radius 1 is 1.11 bits per heavy atom. The molecule has 3 unspecified atom stereocenters. The molecule has 2 N–H and O–H groups in total.